The Kier molecular flexibility index (Phi) is 5.63. The lowest BCUT2D eigenvalue weighted by Crippen LogP contribution is -2.31. The molecule has 0 saturated carbocycles. The molecule has 4 rings (SSSR count). The lowest BCUT2D eigenvalue weighted by molar-refractivity contribution is -0.137. The number of furan rings is 1. The first kappa shape index (κ1) is 21.1. The minimum atomic E-state index is -1.09. The number of anilines is 1. The van der Waals surface area contributed by atoms with Crippen LogP contribution in [0.1, 0.15) is 11.3 Å². The third-order valence-electron chi connectivity index (χ3n) is 4.92. The lowest BCUT2D eigenvalue weighted by Gasteiger charge is -2.14. The number of halogens is 2. The van der Waals surface area contributed by atoms with E-state index in [4.69, 9.17) is 13.9 Å². The van der Waals surface area contributed by atoms with Crippen molar-refractivity contribution in [3.05, 3.63) is 83.4 Å². The van der Waals surface area contributed by atoms with Crippen molar-refractivity contribution < 1.29 is 32.3 Å². The molecule has 0 unspecified atom stereocenters. The van der Waals surface area contributed by atoms with E-state index < -0.39 is 23.4 Å². The maximum atomic E-state index is 13.7. The van der Waals surface area contributed by atoms with Crippen LogP contribution in [0.3, 0.4) is 0 Å². The summed E-state index contributed by atoms with van der Waals surface area (Å²) >= 11 is 0. The predicted molar refractivity (Wildman–Crippen MR) is 111 cm³/mol. The Morgan fingerprint density at radius 2 is 1.72 bits per heavy atom. The highest BCUT2D eigenvalue weighted by molar-refractivity contribution is 6.36. The minimum Gasteiger partial charge on any atom is -0.493 e. The molecule has 0 fully saturated rings. The van der Waals surface area contributed by atoms with E-state index in [-0.39, 0.29) is 23.5 Å². The van der Waals surface area contributed by atoms with Crippen molar-refractivity contribution in [1.29, 1.82) is 0 Å². The van der Waals surface area contributed by atoms with Gasteiger partial charge in [0, 0.05) is 11.8 Å². The zero-order valence-corrected chi connectivity index (χ0v) is 17.1. The van der Waals surface area contributed by atoms with E-state index in [9.17, 15) is 18.4 Å². The molecule has 0 radical (unpaired) electrons. The first-order valence-electron chi connectivity index (χ1n) is 9.50. The SMILES string of the molecule is COc1ccc(C2=C(Nc3ccc(F)c(F)c3)C(=O)N(Cc3ccco3)C2=O)cc1OC. The van der Waals surface area contributed by atoms with Gasteiger partial charge in [-0.05, 0) is 42.0 Å². The van der Waals surface area contributed by atoms with Gasteiger partial charge >= 0.3 is 0 Å². The molecule has 3 aromatic rings. The second-order valence-electron chi connectivity index (χ2n) is 6.85. The molecule has 9 heteroatoms. The van der Waals surface area contributed by atoms with Gasteiger partial charge < -0.3 is 19.2 Å². The number of nitrogens with zero attached hydrogens (tertiary/aromatic N) is 1. The number of carbonyl (C=O) groups excluding carboxylic acids is 2. The molecule has 7 nitrogen and oxygen atoms in total. The molecule has 0 spiro atoms. The highest BCUT2D eigenvalue weighted by Crippen LogP contribution is 2.36. The smallest absolute Gasteiger partial charge is 0.278 e. The van der Waals surface area contributed by atoms with Crippen LogP contribution in [0.2, 0.25) is 0 Å². The number of imide groups is 1. The van der Waals surface area contributed by atoms with E-state index in [0.717, 1.165) is 17.0 Å². The summed E-state index contributed by atoms with van der Waals surface area (Å²) < 4.78 is 42.9. The molecule has 2 heterocycles. The monoisotopic (exact) mass is 440 g/mol. The van der Waals surface area contributed by atoms with E-state index in [1.807, 2.05) is 0 Å². The molecular weight excluding hydrogens is 422 g/mol. The van der Waals surface area contributed by atoms with Gasteiger partial charge in [0.2, 0.25) is 0 Å². The van der Waals surface area contributed by atoms with Crippen molar-refractivity contribution in [2.75, 3.05) is 19.5 Å². The number of nitrogens with one attached hydrogen (secondary N) is 1. The van der Waals surface area contributed by atoms with Crippen LogP contribution < -0.4 is 14.8 Å². The van der Waals surface area contributed by atoms with Gasteiger partial charge in [0.25, 0.3) is 11.8 Å². The third kappa shape index (κ3) is 3.80. The third-order valence-corrected chi connectivity index (χ3v) is 4.92. The topological polar surface area (TPSA) is 81.0 Å². The molecule has 164 valence electrons. The predicted octanol–water partition coefficient (Wildman–Crippen LogP) is 3.97. The summed E-state index contributed by atoms with van der Waals surface area (Å²) in [5.74, 6) is -2.13. The van der Waals surface area contributed by atoms with Crippen LogP contribution in [0.25, 0.3) is 5.57 Å². The molecular formula is C23H18F2N2O5. The van der Waals surface area contributed by atoms with Crippen molar-refractivity contribution in [2.24, 2.45) is 0 Å². The highest BCUT2D eigenvalue weighted by Gasteiger charge is 2.40. The van der Waals surface area contributed by atoms with Crippen LogP contribution in [0.5, 0.6) is 11.5 Å². The maximum Gasteiger partial charge on any atom is 0.278 e. The van der Waals surface area contributed by atoms with Gasteiger partial charge in [0.1, 0.15) is 11.5 Å². The number of amides is 2. The standard InChI is InChI=1S/C23H18F2N2O5/c1-30-18-8-5-13(10-19(18)31-2)20-21(26-14-6-7-16(24)17(25)11-14)23(29)27(22(20)28)12-15-4-3-9-32-15/h3-11,26H,12H2,1-2H3. The highest BCUT2D eigenvalue weighted by atomic mass is 19.2. The second kappa shape index (κ2) is 8.54. The molecule has 1 aliphatic heterocycles. The van der Waals surface area contributed by atoms with Crippen molar-refractivity contribution in [3.63, 3.8) is 0 Å². The largest absolute Gasteiger partial charge is 0.493 e. The number of ether oxygens (including phenoxy) is 2. The fourth-order valence-electron chi connectivity index (χ4n) is 3.37. The van der Waals surface area contributed by atoms with E-state index in [1.54, 1.807) is 30.3 Å². The van der Waals surface area contributed by atoms with Crippen molar-refractivity contribution in [1.82, 2.24) is 4.90 Å². The van der Waals surface area contributed by atoms with Crippen LogP contribution in [-0.4, -0.2) is 30.9 Å². The summed E-state index contributed by atoms with van der Waals surface area (Å²) in [6.07, 6.45) is 1.43. The van der Waals surface area contributed by atoms with Gasteiger partial charge in [-0.2, -0.15) is 0 Å². The van der Waals surface area contributed by atoms with E-state index in [2.05, 4.69) is 5.32 Å². The average molecular weight is 440 g/mol. The van der Waals surface area contributed by atoms with Crippen LogP contribution in [-0.2, 0) is 16.1 Å². The zero-order valence-electron chi connectivity index (χ0n) is 17.1. The summed E-state index contributed by atoms with van der Waals surface area (Å²) in [7, 11) is 2.92. The summed E-state index contributed by atoms with van der Waals surface area (Å²) in [5, 5.41) is 2.77. The second-order valence-corrected chi connectivity index (χ2v) is 6.85. The van der Waals surface area contributed by atoms with Crippen LogP contribution >= 0.6 is 0 Å². The molecule has 1 aromatic heterocycles. The molecule has 0 bridgehead atoms. The normalized spacial score (nSPS) is 13.7. The van der Waals surface area contributed by atoms with Gasteiger partial charge in [-0.15, -0.1) is 0 Å². The Morgan fingerprint density at radius 3 is 2.38 bits per heavy atom. The number of methoxy groups -OCH3 is 2. The Bertz CT molecular complexity index is 1220. The Labute approximate surface area is 181 Å². The van der Waals surface area contributed by atoms with Gasteiger partial charge in [-0.3, -0.25) is 14.5 Å². The molecule has 32 heavy (non-hydrogen) atoms. The molecule has 1 aliphatic rings. The Morgan fingerprint density at radius 1 is 0.938 bits per heavy atom. The zero-order chi connectivity index (χ0) is 22.8. The quantitative estimate of drug-likeness (QED) is 0.560. The number of benzene rings is 2. The van der Waals surface area contributed by atoms with Gasteiger partial charge in [0.15, 0.2) is 23.1 Å². The molecule has 2 aromatic carbocycles. The fraction of sp³-hybridized carbons (Fsp3) is 0.130. The number of hydrogen-bond acceptors (Lipinski definition) is 6. The van der Waals surface area contributed by atoms with Crippen molar-refractivity contribution >= 4 is 23.1 Å². The molecule has 1 N–H and O–H groups in total. The fourth-order valence-corrected chi connectivity index (χ4v) is 3.37. The first-order chi connectivity index (χ1) is 15.4. The van der Waals surface area contributed by atoms with Crippen LogP contribution in [0.4, 0.5) is 14.5 Å². The number of carbonyl (C=O) groups is 2. The first-order valence-corrected chi connectivity index (χ1v) is 9.50. The summed E-state index contributed by atoms with van der Waals surface area (Å²) in [6.45, 7) is -0.0928. The Balaban J connectivity index is 1.79. The van der Waals surface area contributed by atoms with Crippen LogP contribution in [0.15, 0.2) is 64.9 Å². The number of hydrogen-bond donors (Lipinski definition) is 1. The molecule has 0 aliphatic carbocycles. The van der Waals surface area contributed by atoms with Crippen molar-refractivity contribution in [2.45, 2.75) is 6.54 Å². The van der Waals surface area contributed by atoms with Gasteiger partial charge in [0.05, 0.1) is 32.6 Å². The van der Waals surface area contributed by atoms with E-state index in [0.29, 0.717) is 22.8 Å². The van der Waals surface area contributed by atoms with Gasteiger partial charge in [-0.1, -0.05) is 6.07 Å². The molecule has 0 atom stereocenters. The maximum absolute atomic E-state index is 13.7. The molecule has 0 saturated heterocycles. The average Bonchev–Trinajstić information content (AvgIpc) is 3.39. The minimum absolute atomic E-state index is 0.0484. The van der Waals surface area contributed by atoms with Crippen molar-refractivity contribution in [3.8, 4) is 11.5 Å². The summed E-state index contributed by atoms with van der Waals surface area (Å²) in [5.41, 5.74) is 0.456. The number of rotatable bonds is 7. The lowest BCUT2D eigenvalue weighted by atomic mass is 10.0. The summed E-state index contributed by atoms with van der Waals surface area (Å²) in [4.78, 5) is 27.5. The van der Waals surface area contributed by atoms with Crippen LogP contribution in [0, 0.1) is 11.6 Å². The van der Waals surface area contributed by atoms with E-state index in [1.165, 1.54) is 26.5 Å². The Hall–Kier alpha value is -4.14. The van der Waals surface area contributed by atoms with E-state index >= 15 is 0 Å². The molecule has 2 amide bonds. The summed E-state index contributed by atoms with van der Waals surface area (Å²) in [6, 6.07) is 11.1. The van der Waals surface area contributed by atoms with Gasteiger partial charge in [-0.25, -0.2) is 8.78 Å².